The van der Waals surface area contributed by atoms with Gasteiger partial charge in [0, 0.05) is 23.5 Å². The topological polar surface area (TPSA) is 74.4 Å². The number of methoxy groups -OCH3 is 1. The second kappa shape index (κ2) is 5.86. The van der Waals surface area contributed by atoms with Gasteiger partial charge in [-0.25, -0.2) is 0 Å². The number of ether oxygens (including phenoxy) is 2. The van der Waals surface area contributed by atoms with E-state index in [1.54, 1.807) is 30.6 Å². The van der Waals surface area contributed by atoms with Crippen LogP contribution in [0, 0.1) is 0 Å². The first kappa shape index (κ1) is 12.9. The highest BCUT2D eigenvalue weighted by Gasteiger charge is 2.09. The molecule has 1 amide bonds. The van der Waals surface area contributed by atoms with E-state index >= 15 is 0 Å². The first-order chi connectivity index (χ1) is 9.20. The van der Waals surface area contributed by atoms with Gasteiger partial charge in [0.2, 0.25) is 5.91 Å². The largest absolute Gasteiger partial charge is 0.493 e. The summed E-state index contributed by atoms with van der Waals surface area (Å²) in [5, 5.41) is 0. The van der Waals surface area contributed by atoms with E-state index in [1.165, 1.54) is 7.11 Å². The average molecular weight is 258 g/mol. The summed E-state index contributed by atoms with van der Waals surface area (Å²) in [5.74, 6) is 0.519. The molecular weight excluding hydrogens is 244 g/mol. The minimum atomic E-state index is -0.506. The number of hydrogen-bond acceptors (Lipinski definition) is 4. The lowest BCUT2D eigenvalue weighted by Gasteiger charge is -2.11. The zero-order chi connectivity index (χ0) is 13.7. The van der Waals surface area contributed by atoms with Gasteiger partial charge in [0.05, 0.1) is 7.11 Å². The molecule has 0 fully saturated rings. The summed E-state index contributed by atoms with van der Waals surface area (Å²) in [6.07, 6.45) is 3.40. The van der Waals surface area contributed by atoms with Crippen LogP contribution in [-0.4, -0.2) is 18.0 Å². The molecule has 0 spiro atoms. The summed E-state index contributed by atoms with van der Waals surface area (Å²) in [5.41, 5.74) is 6.54. The van der Waals surface area contributed by atoms with E-state index in [9.17, 15) is 4.79 Å². The fourth-order valence-electron chi connectivity index (χ4n) is 1.59. The summed E-state index contributed by atoms with van der Waals surface area (Å²) in [6.45, 7) is 0.340. The quantitative estimate of drug-likeness (QED) is 0.886. The molecule has 98 valence electrons. The van der Waals surface area contributed by atoms with Crippen molar-refractivity contribution in [2.45, 2.75) is 6.61 Å². The van der Waals surface area contributed by atoms with Crippen molar-refractivity contribution in [2.24, 2.45) is 5.73 Å². The van der Waals surface area contributed by atoms with Crippen LogP contribution in [0.5, 0.6) is 11.5 Å². The molecular formula is C14H14N2O3. The fraction of sp³-hybridized carbons (Fsp3) is 0.143. The number of pyridine rings is 1. The van der Waals surface area contributed by atoms with Crippen molar-refractivity contribution in [1.82, 2.24) is 4.98 Å². The minimum absolute atomic E-state index is 0.340. The maximum atomic E-state index is 11.1. The molecule has 2 rings (SSSR count). The van der Waals surface area contributed by atoms with Crippen LogP contribution in [0.1, 0.15) is 15.9 Å². The number of aromatic nitrogens is 1. The van der Waals surface area contributed by atoms with Crippen LogP contribution in [-0.2, 0) is 6.61 Å². The van der Waals surface area contributed by atoms with Gasteiger partial charge >= 0.3 is 0 Å². The average Bonchev–Trinajstić information content (AvgIpc) is 2.45. The predicted molar refractivity (Wildman–Crippen MR) is 70.1 cm³/mol. The number of amides is 1. The standard InChI is InChI=1S/C14H14N2O3/c1-18-12-5-4-11(14(15)17)7-13(12)19-9-10-3-2-6-16-8-10/h2-8H,9H2,1H3,(H2,15,17). The lowest BCUT2D eigenvalue weighted by atomic mass is 10.2. The van der Waals surface area contributed by atoms with Crippen molar-refractivity contribution >= 4 is 5.91 Å². The monoisotopic (exact) mass is 258 g/mol. The number of rotatable bonds is 5. The molecule has 0 aliphatic heterocycles. The lowest BCUT2D eigenvalue weighted by Crippen LogP contribution is -2.11. The van der Waals surface area contributed by atoms with Crippen LogP contribution < -0.4 is 15.2 Å². The van der Waals surface area contributed by atoms with E-state index in [2.05, 4.69) is 4.98 Å². The summed E-state index contributed by atoms with van der Waals surface area (Å²) >= 11 is 0. The number of nitrogens with two attached hydrogens (primary N) is 1. The number of benzene rings is 1. The number of carbonyl (C=O) groups is 1. The number of carbonyl (C=O) groups excluding carboxylic acids is 1. The van der Waals surface area contributed by atoms with E-state index in [0.717, 1.165) is 5.56 Å². The smallest absolute Gasteiger partial charge is 0.248 e. The molecule has 1 aromatic heterocycles. The Labute approximate surface area is 111 Å². The molecule has 19 heavy (non-hydrogen) atoms. The Morgan fingerprint density at radius 1 is 1.32 bits per heavy atom. The summed E-state index contributed by atoms with van der Waals surface area (Å²) in [7, 11) is 1.54. The fourth-order valence-corrected chi connectivity index (χ4v) is 1.59. The molecule has 0 unspecified atom stereocenters. The summed E-state index contributed by atoms with van der Waals surface area (Å²) in [4.78, 5) is 15.1. The normalized spacial score (nSPS) is 9.95. The van der Waals surface area contributed by atoms with Crippen LogP contribution in [0.3, 0.4) is 0 Å². The van der Waals surface area contributed by atoms with Crippen molar-refractivity contribution in [3.8, 4) is 11.5 Å². The van der Waals surface area contributed by atoms with Crippen molar-refractivity contribution in [2.75, 3.05) is 7.11 Å². The predicted octanol–water partition coefficient (Wildman–Crippen LogP) is 1.77. The maximum absolute atomic E-state index is 11.1. The summed E-state index contributed by atoms with van der Waals surface area (Å²) < 4.78 is 10.8. The van der Waals surface area contributed by atoms with Gasteiger partial charge in [0.15, 0.2) is 11.5 Å². The van der Waals surface area contributed by atoms with Crippen LogP contribution in [0.15, 0.2) is 42.7 Å². The zero-order valence-electron chi connectivity index (χ0n) is 10.5. The number of nitrogens with zero attached hydrogens (tertiary/aromatic N) is 1. The zero-order valence-corrected chi connectivity index (χ0v) is 10.5. The Kier molecular flexibility index (Phi) is 3.97. The molecule has 0 aliphatic rings. The highest BCUT2D eigenvalue weighted by molar-refractivity contribution is 5.93. The third kappa shape index (κ3) is 3.22. The van der Waals surface area contributed by atoms with Gasteiger partial charge < -0.3 is 15.2 Å². The number of primary amides is 1. The van der Waals surface area contributed by atoms with Gasteiger partial charge in [-0.1, -0.05) is 6.07 Å². The van der Waals surface area contributed by atoms with E-state index < -0.39 is 5.91 Å². The van der Waals surface area contributed by atoms with Gasteiger partial charge in [-0.2, -0.15) is 0 Å². The first-order valence-electron chi connectivity index (χ1n) is 5.70. The molecule has 1 heterocycles. The van der Waals surface area contributed by atoms with Crippen LogP contribution in [0.25, 0.3) is 0 Å². The second-order valence-electron chi connectivity index (χ2n) is 3.88. The minimum Gasteiger partial charge on any atom is -0.493 e. The second-order valence-corrected chi connectivity index (χ2v) is 3.88. The molecule has 0 bridgehead atoms. The van der Waals surface area contributed by atoms with Crippen molar-refractivity contribution in [1.29, 1.82) is 0 Å². The molecule has 1 aromatic carbocycles. The molecule has 5 heteroatoms. The molecule has 5 nitrogen and oxygen atoms in total. The van der Waals surface area contributed by atoms with Crippen LogP contribution in [0.4, 0.5) is 0 Å². The SMILES string of the molecule is COc1ccc(C(N)=O)cc1OCc1cccnc1. The third-order valence-electron chi connectivity index (χ3n) is 2.57. The van der Waals surface area contributed by atoms with Crippen molar-refractivity contribution in [3.63, 3.8) is 0 Å². The Hall–Kier alpha value is -2.56. The Morgan fingerprint density at radius 2 is 2.16 bits per heavy atom. The van der Waals surface area contributed by atoms with Crippen molar-refractivity contribution < 1.29 is 14.3 Å². The Morgan fingerprint density at radius 3 is 2.79 bits per heavy atom. The molecule has 2 N–H and O–H groups in total. The lowest BCUT2D eigenvalue weighted by molar-refractivity contribution is 0.0999. The Bertz CT molecular complexity index is 570. The summed E-state index contributed by atoms with van der Waals surface area (Å²) in [6, 6.07) is 8.54. The van der Waals surface area contributed by atoms with Gasteiger partial charge in [-0.05, 0) is 24.3 Å². The van der Waals surface area contributed by atoms with Gasteiger partial charge in [0.1, 0.15) is 6.61 Å². The number of hydrogen-bond donors (Lipinski definition) is 1. The highest BCUT2D eigenvalue weighted by atomic mass is 16.5. The van der Waals surface area contributed by atoms with Crippen LogP contribution in [0.2, 0.25) is 0 Å². The molecule has 2 aromatic rings. The molecule has 0 atom stereocenters. The highest BCUT2D eigenvalue weighted by Crippen LogP contribution is 2.28. The van der Waals surface area contributed by atoms with Crippen LogP contribution >= 0.6 is 0 Å². The molecule has 0 radical (unpaired) electrons. The van der Waals surface area contributed by atoms with Gasteiger partial charge in [-0.3, -0.25) is 9.78 Å². The van der Waals surface area contributed by atoms with E-state index in [1.807, 2.05) is 12.1 Å². The van der Waals surface area contributed by atoms with Crippen molar-refractivity contribution in [3.05, 3.63) is 53.9 Å². The molecule has 0 saturated carbocycles. The molecule has 0 saturated heterocycles. The Balaban J connectivity index is 2.18. The maximum Gasteiger partial charge on any atom is 0.248 e. The van der Waals surface area contributed by atoms with E-state index in [0.29, 0.717) is 23.7 Å². The van der Waals surface area contributed by atoms with E-state index in [-0.39, 0.29) is 0 Å². The van der Waals surface area contributed by atoms with Gasteiger partial charge in [0.25, 0.3) is 0 Å². The van der Waals surface area contributed by atoms with E-state index in [4.69, 9.17) is 15.2 Å². The molecule has 0 aliphatic carbocycles. The first-order valence-corrected chi connectivity index (χ1v) is 5.70. The van der Waals surface area contributed by atoms with Gasteiger partial charge in [-0.15, -0.1) is 0 Å². The third-order valence-corrected chi connectivity index (χ3v) is 2.57.